The Labute approximate surface area is 144 Å². The first-order valence-corrected chi connectivity index (χ1v) is 9.10. The van der Waals surface area contributed by atoms with E-state index in [1.165, 1.54) is 5.56 Å². The summed E-state index contributed by atoms with van der Waals surface area (Å²) in [6.07, 6.45) is 3.40. The number of aryl methyl sites for hydroxylation is 1. The van der Waals surface area contributed by atoms with Crippen LogP contribution in [0.5, 0.6) is 0 Å². The molecule has 1 aromatic carbocycles. The number of rotatable bonds is 4. The van der Waals surface area contributed by atoms with E-state index in [-0.39, 0.29) is 11.9 Å². The molecule has 1 saturated heterocycles. The molecule has 1 atom stereocenters. The zero-order valence-electron chi connectivity index (χ0n) is 12.1. The highest BCUT2D eigenvalue weighted by molar-refractivity contribution is 7.07. The quantitative estimate of drug-likeness (QED) is 0.725. The van der Waals surface area contributed by atoms with Crippen molar-refractivity contribution in [2.24, 2.45) is 0 Å². The Balaban J connectivity index is 1.69. The molecule has 1 unspecified atom stereocenters. The Hall–Kier alpha value is -1.03. The SMILES string of the molecule is O=C(CCc1ccsc1)N1CCCC1c1ccc(Cl)c(Cl)c1. The Morgan fingerprint density at radius 1 is 1.27 bits per heavy atom. The first-order chi connectivity index (χ1) is 10.6. The molecule has 0 radical (unpaired) electrons. The van der Waals surface area contributed by atoms with Crippen molar-refractivity contribution in [2.75, 3.05) is 6.54 Å². The number of thiophene rings is 1. The Morgan fingerprint density at radius 3 is 2.86 bits per heavy atom. The summed E-state index contributed by atoms with van der Waals surface area (Å²) in [6.45, 7) is 0.827. The molecule has 3 rings (SSSR count). The Kier molecular flexibility index (Phi) is 5.07. The van der Waals surface area contributed by atoms with E-state index in [4.69, 9.17) is 23.2 Å². The van der Waals surface area contributed by atoms with E-state index in [9.17, 15) is 4.79 Å². The lowest BCUT2D eigenvalue weighted by molar-refractivity contribution is -0.132. The fraction of sp³-hybridized carbons (Fsp3) is 0.353. The standard InChI is InChI=1S/C17H17Cl2NOS/c18-14-5-4-13(10-15(14)19)16-2-1-8-20(16)17(21)6-3-12-7-9-22-11-12/h4-5,7,9-11,16H,1-3,6,8H2. The van der Waals surface area contributed by atoms with Crippen LogP contribution >= 0.6 is 34.5 Å². The second-order valence-electron chi connectivity index (χ2n) is 5.55. The molecule has 0 saturated carbocycles. The molecule has 1 amide bonds. The van der Waals surface area contributed by atoms with Gasteiger partial charge in [-0.15, -0.1) is 0 Å². The lowest BCUT2D eigenvalue weighted by Gasteiger charge is -2.25. The monoisotopic (exact) mass is 353 g/mol. The number of halogens is 2. The molecule has 1 aliphatic heterocycles. The van der Waals surface area contributed by atoms with Crippen molar-refractivity contribution in [3.8, 4) is 0 Å². The third-order valence-electron chi connectivity index (χ3n) is 4.11. The van der Waals surface area contributed by atoms with Gasteiger partial charge in [0.05, 0.1) is 16.1 Å². The van der Waals surface area contributed by atoms with E-state index in [0.717, 1.165) is 31.4 Å². The van der Waals surface area contributed by atoms with Gasteiger partial charge in [-0.05, 0) is 59.3 Å². The highest BCUT2D eigenvalue weighted by Crippen LogP contribution is 2.35. The molecule has 2 heterocycles. The topological polar surface area (TPSA) is 20.3 Å². The van der Waals surface area contributed by atoms with Gasteiger partial charge in [0, 0.05) is 13.0 Å². The lowest BCUT2D eigenvalue weighted by atomic mass is 10.0. The molecule has 5 heteroatoms. The van der Waals surface area contributed by atoms with E-state index in [2.05, 4.69) is 11.4 Å². The van der Waals surface area contributed by atoms with Crippen LogP contribution in [0.4, 0.5) is 0 Å². The van der Waals surface area contributed by atoms with Crippen molar-refractivity contribution in [3.63, 3.8) is 0 Å². The molecule has 22 heavy (non-hydrogen) atoms. The maximum absolute atomic E-state index is 12.5. The van der Waals surface area contributed by atoms with E-state index < -0.39 is 0 Å². The number of likely N-dealkylation sites (tertiary alicyclic amines) is 1. The predicted molar refractivity (Wildman–Crippen MR) is 92.8 cm³/mol. The van der Waals surface area contributed by atoms with Gasteiger partial charge in [0.2, 0.25) is 5.91 Å². The van der Waals surface area contributed by atoms with Gasteiger partial charge in [-0.3, -0.25) is 4.79 Å². The molecular weight excluding hydrogens is 337 g/mol. The van der Waals surface area contributed by atoms with Crippen LogP contribution in [0.3, 0.4) is 0 Å². The normalized spacial score (nSPS) is 17.9. The van der Waals surface area contributed by atoms with Crippen LogP contribution in [0, 0.1) is 0 Å². The number of benzene rings is 1. The third kappa shape index (κ3) is 3.48. The largest absolute Gasteiger partial charge is 0.336 e. The van der Waals surface area contributed by atoms with Gasteiger partial charge in [0.25, 0.3) is 0 Å². The summed E-state index contributed by atoms with van der Waals surface area (Å²) >= 11 is 13.8. The highest BCUT2D eigenvalue weighted by Gasteiger charge is 2.29. The summed E-state index contributed by atoms with van der Waals surface area (Å²) < 4.78 is 0. The number of carbonyl (C=O) groups is 1. The summed E-state index contributed by atoms with van der Waals surface area (Å²) in [4.78, 5) is 14.5. The van der Waals surface area contributed by atoms with Gasteiger partial charge in [-0.25, -0.2) is 0 Å². The summed E-state index contributed by atoms with van der Waals surface area (Å²) in [5.74, 6) is 0.222. The predicted octanol–water partition coefficient (Wildman–Crippen LogP) is 5.35. The van der Waals surface area contributed by atoms with Crippen LogP contribution in [0.25, 0.3) is 0 Å². The highest BCUT2D eigenvalue weighted by atomic mass is 35.5. The molecule has 1 fully saturated rings. The first kappa shape index (κ1) is 15.9. The molecule has 116 valence electrons. The molecule has 1 aliphatic rings. The number of carbonyl (C=O) groups excluding carboxylic acids is 1. The van der Waals surface area contributed by atoms with Gasteiger partial charge in [0.1, 0.15) is 0 Å². The number of hydrogen-bond acceptors (Lipinski definition) is 2. The van der Waals surface area contributed by atoms with E-state index in [1.807, 2.05) is 28.5 Å². The average molecular weight is 354 g/mol. The van der Waals surface area contributed by atoms with Crippen LogP contribution < -0.4 is 0 Å². The smallest absolute Gasteiger partial charge is 0.223 e. The molecule has 0 bridgehead atoms. The van der Waals surface area contributed by atoms with E-state index >= 15 is 0 Å². The molecule has 0 spiro atoms. The van der Waals surface area contributed by atoms with Crippen molar-refractivity contribution >= 4 is 40.4 Å². The van der Waals surface area contributed by atoms with Crippen LogP contribution in [-0.4, -0.2) is 17.4 Å². The molecular formula is C17H17Cl2NOS. The Morgan fingerprint density at radius 2 is 2.14 bits per heavy atom. The summed E-state index contributed by atoms with van der Waals surface area (Å²) in [7, 11) is 0. The lowest BCUT2D eigenvalue weighted by Crippen LogP contribution is -2.30. The van der Waals surface area contributed by atoms with Gasteiger partial charge < -0.3 is 4.90 Å². The van der Waals surface area contributed by atoms with Crippen molar-refractivity contribution in [1.29, 1.82) is 0 Å². The van der Waals surface area contributed by atoms with Crippen molar-refractivity contribution in [1.82, 2.24) is 4.90 Å². The van der Waals surface area contributed by atoms with Gasteiger partial charge >= 0.3 is 0 Å². The van der Waals surface area contributed by atoms with Crippen molar-refractivity contribution in [3.05, 3.63) is 56.2 Å². The van der Waals surface area contributed by atoms with Crippen LogP contribution in [-0.2, 0) is 11.2 Å². The van der Waals surface area contributed by atoms with Crippen molar-refractivity contribution < 1.29 is 4.79 Å². The van der Waals surface area contributed by atoms with Gasteiger partial charge in [-0.1, -0.05) is 29.3 Å². The molecule has 0 aliphatic carbocycles. The average Bonchev–Trinajstić information content (AvgIpc) is 3.18. The fourth-order valence-corrected chi connectivity index (χ4v) is 3.97. The number of hydrogen-bond donors (Lipinski definition) is 0. The maximum atomic E-state index is 12.5. The Bertz CT molecular complexity index is 657. The zero-order chi connectivity index (χ0) is 15.5. The molecule has 2 nitrogen and oxygen atoms in total. The molecule has 0 N–H and O–H groups in total. The molecule has 1 aromatic heterocycles. The summed E-state index contributed by atoms with van der Waals surface area (Å²) in [5.41, 5.74) is 2.32. The van der Waals surface area contributed by atoms with Gasteiger partial charge in [0.15, 0.2) is 0 Å². The van der Waals surface area contributed by atoms with Crippen molar-refractivity contribution in [2.45, 2.75) is 31.7 Å². The number of nitrogens with zero attached hydrogens (tertiary/aromatic N) is 1. The van der Waals surface area contributed by atoms with Gasteiger partial charge in [-0.2, -0.15) is 11.3 Å². The molecule has 2 aromatic rings. The summed E-state index contributed by atoms with van der Waals surface area (Å²) in [5, 5.41) is 5.26. The minimum atomic E-state index is 0.129. The minimum absolute atomic E-state index is 0.129. The van der Waals surface area contributed by atoms with Crippen LogP contribution in [0.1, 0.15) is 36.4 Å². The third-order valence-corrected chi connectivity index (χ3v) is 5.58. The fourth-order valence-electron chi connectivity index (χ4n) is 2.96. The first-order valence-electron chi connectivity index (χ1n) is 7.40. The van der Waals surface area contributed by atoms with Crippen LogP contribution in [0.2, 0.25) is 10.0 Å². The second-order valence-corrected chi connectivity index (χ2v) is 7.14. The van der Waals surface area contributed by atoms with E-state index in [1.54, 1.807) is 11.3 Å². The minimum Gasteiger partial charge on any atom is -0.336 e. The second kappa shape index (κ2) is 7.03. The summed E-state index contributed by atoms with van der Waals surface area (Å²) in [6, 6.07) is 7.89. The zero-order valence-corrected chi connectivity index (χ0v) is 14.4. The van der Waals surface area contributed by atoms with E-state index in [0.29, 0.717) is 16.5 Å². The van der Waals surface area contributed by atoms with Crippen LogP contribution in [0.15, 0.2) is 35.0 Å². The maximum Gasteiger partial charge on any atom is 0.223 e. The number of amides is 1.